The first-order valence-electron chi connectivity index (χ1n) is 5.29. The van der Waals surface area contributed by atoms with Crippen LogP contribution in [0.15, 0.2) is 17.8 Å². The lowest BCUT2D eigenvalue weighted by molar-refractivity contribution is 0.708. The van der Waals surface area contributed by atoms with Crippen molar-refractivity contribution in [2.24, 2.45) is 5.73 Å². The monoisotopic (exact) mass is 266 g/mol. The van der Waals surface area contributed by atoms with Crippen molar-refractivity contribution in [2.75, 3.05) is 11.9 Å². The average molecular weight is 266 g/mol. The zero-order valence-electron chi connectivity index (χ0n) is 9.75. The molecule has 17 heavy (non-hydrogen) atoms. The molecular formula is C11H14N4S2. The number of thiocarbonyl (C=S) groups is 1. The minimum atomic E-state index is 0.229. The average Bonchev–Trinajstić information content (AvgIpc) is 2.74. The Labute approximate surface area is 109 Å². The van der Waals surface area contributed by atoms with Gasteiger partial charge in [0.05, 0.1) is 15.2 Å². The van der Waals surface area contributed by atoms with Gasteiger partial charge in [-0.05, 0) is 18.4 Å². The predicted octanol–water partition coefficient (Wildman–Crippen LogP) is 2.19. The molecule has 0 spiro atoms. The fourth-order valence-electron chi connectivity index (χ4n) is 1.66. The van der Waals surface area contributed by atoms with Gasteiger partial charge in [0, 0.05) is 19.5 Å². The molecule has 2 aromatic heterocycles. The zero-order chi connectivity index (χ0) is 12.4. The van der Waals surface area contributed by atoms with Crippen molar-refractivity contribution in [3.05, 3.63) is 17.8 Å². The van der Waals surface area contributed by atoms with E-state index >= 15 is 0 Å². The normalized spacial score (nSPS) is 12.6. The molecule has 6 heteroatoms. The van der Waals surface area contributed by atoms with Gasteiger partial charge in [-0.2, -0.15) is 0 Å². The van der Waals surface area contributed by atoms with E-state index < -0.39 is 0 Å². The molecule has 0 aliphatic heterocycles. The Kier molecular flexibility index (Phi) is 3.54. The van der Waals surface area contributed by atoms with Gasteiger partial charge in [0.1, 0.15) is 12.1 Å². The van der Waals surface area contributed by atoms with Crippen LogP contribution in [0.4, 0.5) is 5.82 Å². The standard InChI is InChI=1S/C11H14N4S2/c1-7(5-9(12)16)15(2)11-10-8(3-4-17-10)13-6-14-11/h3-4,6-7H,5H2,1-2H3,(H2,12,16). The molecule has 90 valence electrons. The van der Waals surface area contributed by atoms with Crippen molar-refractivity contribution in [2.45, 2.75) is 19.4 Å². The third-order valence-electron chi connectivity index (χ3n) is 2.72. The number of nitrogens with zero attached hydrogens (tertiary/aromatic N) is 3. The number of hydrogen-bond donors (Lipinski definition) is 1. The van der Waals surface area contributed by atoms with Gasteiger partial charge >= 0.3 is 0 Å². The summed E-state index contributed by atoms with van der Waals surface area (Å²) in [5.74, 6) is 0.939. The van der Waals surface area contributed by atoms with E-state index in [1.165, 1.54) is 0 Å². The summed E-state index contributed by atoms with van der Waals surface area (Å²) in [5, 5.41) is 2.02. The highest BCUT2D eigenvalue weighted by Gasteiger charge is 2.15. The van der Waals surface area contributed by atoms with Crippen LogP contribution in [-0.4, -0.2) is 28.0 Å². The Morgan fingerprint density at radius 3 is 3.06 bits per heavy atom. The van der Waals surface area contributed by atoms with E-state index in [0.717, 1.165) is 16.0 Å². The van der Waals surface area contributed by atoms with Crippen LogP contribution in [0.25, 0.3) is 10.2 Å². The van der Waals surface area contributed by atoms with E-state index in [4.69, 9.17) is 18.0 Å². The van der Waals surface area contributed by atoms with Crippen LogP contribution in [0.1, 0.15) is 13.3 Å². The molecule has 2 N–H and O–H groups in total. The SMILES string of the molecule is CC(CC(N)=S)N(C)c1ncnc2ccsc12. The lowest BCUT2D eigenvalue weighted by Crippen LogP contribution is -2.33. The fraction of sp³-hybridized carbons (Fsp3) is 0.364. The summed E-state index contributed by atoms with van der Waals surface area (Å²) in [7, 11) is 2.00. The maximum atomic E-state index is 5.58. The zero-order valence-corrected chi connectivity index (χ0v) is 11.4. The van der Waals surface area contributed by atoms with Crippen LogP contribution in [0.3, 0.4) is 0 Å². The van der Waals surface area contributed by atoms with Crippen molar-refractivity contribution in [1.29, 1.82) is 0 Å². The molecular weight excluding hydrogens is 252 g/mol. The molecule has 0 fully saturated rings. The van der Waals surface area contributed by atoms with E-state index in [9.17, 15) is 0 Å². The highest BCUT2D eigenvalue weighted by atomic mass is 32.1. The van der Waals surface area contributed by atoms with Gasteiger partial charge in [0.25, 0.3) is 0 Å². The summed E-state index contributed by atoms with van der Waals surface area (Å²) in [6, 6.07) is 2.23. The molecule has 2 rings (SSSR count). The van der Waals surface area contributed by atoms with Gasteiger partial charge < -0.3 is 10.6 Å². The molecule has 0 amide bonds. The minimum Gasteiger partial charge on any atom is -0.393 e. The van der Waals surface area contributed by atoms with Crippen molar-refractivity contribution in [3.8, 4) is 0 Å². The topological polar surface area (TPSA) is 55.0 Å². The first-order chi connectivity index (χ1) is 8.09. The second-order valence-electron chi connectivity index (χ2n) is 3.96. The third-order valence-corrected chi connectivity index (χ3v) is 3.78. The van der Waals surface area contributed by atoms with E-state index in [2.05, 4.69) is 21.8 Å². The lowest BCUT2D eigenvalue weighted by atomic mass is 10.2. The van der Waals surface area contributed by atoms with Crippen LogP contribution in [-0.2, 0) is 0 Å². The third kappa shape index (κ3) is 2.53. The van der Waals surface area contributed by atoms with Gasteiger partial charge in [0.2, 0.25) is 0 Å². The van der Waals surface area contributed by atoms with Crippen LogP contribution >= 0.6 is 23.6 Å². The summed E-state index contributed by atoms with van der Waals surface area (Å²) in [6.07, 6.45) is 2.27. The number of fused-ring (bicyclic) bond motifs is 1. The number of thiophene rings is 1. The Morgan fingerprint density at radius 1 is 1.59 bits per heavy atom. The number of nitrogens with two attached hydrogens (primary N) is 1. The minimum absolute atomic E-state index is 0.229. The maximum absolute atomic E-state index is 5.58. The highest BCUT2D eigenvalue weighted by molar-refractivity contribution is 7.80. The van der Waals surface area contributed by atoms with Gasteiger partial charge in [-0.15, -0.1) is 11.3 Å². The Bertz CT molecular complexity index is 537. The smallest absolute Gasteiger partial charge is 0.150 e. The largest absolute Gasteiger partial charge is 0.393 e. The van der Waals surface area contributed by atoms with Crippen LogP contribution in [0.2, 0.25) is 0 Å². The van der Waals surface area contributed by atoms with Gasteiger partial charge in [-0.3, -0.25) is 0 Å². The number of hydrogen-bond acceptors (Lipinski definition) is 5. The fourth-order valence-corrected chi connectivity index (χ4v) is 2.78. The highest BCUT2D eigenvalue weighted by Crippen LogP contribution is 2.28. The van der Waals surface area contributed by atoms with Gasteiger partial charge in [0.15, 0.2) is 0 Å². The van der Waals surface area contributed by atoms with Crippen molar-refractivity contribution >= 4 is 44.6 Å². The second-order valence-corrected chi connectivity index (χ2v) is 5.40. The first kappa shape index (κ1) is 12.2. The van der Waals surface area contributed by atoms with Crippen LogP contribution < -0.4 is 10.6 Å². The lowest BCUT2D eigenvalue weighted by Gasteiger charge is -2.25. The van der Waals surface area contributed by atoms with E-state index in [0.29, 0.717) is 11.4 Å². The molecule has 0 saturated heterocycles. The first-order valence-corrected chi connectivity index (χ1v) is 6.57. The quantitative estimate of drug-likeness (QED) is 0.860. The molecule has 2 heterocycles. The summed E-state index contributed by atoms with van der Waals surface area (Å²) in [5.41, 5.74) is 6.56. The van der Waals surface area contributed by atoms with Crippen molar-refractivity contribution in [1.82, 2.24) is 9.97 Å². The maximum Gasteiger partial charge on any atom is 0.150 e. The molecule has 0 aliphatic rings. The van der Waals surface area contributed by atoms with E-state index in [1.54, 1.807) is 17.7 Å². The molecule has 1 atom stereocenters. The summed E-state index contributed by atoms with van der Waals surface area (Å²) in [6.45, 7) is 2.08. The molecule has 0 saturated carbocycles. The van der Waals surface area contributed by atoms with Crippen molar-refractivity contribution in [3.63, 3.8) is 0 Å². The summed E-state index contributed by atoms with van der Waals surface area (Å²) < 4.78 is 1.10. The molecule has 4 nitrogen and oxygen atoms in total. The van der Waals surface area contributed by atoms with Crippen molar-refractivity contribution < 1.29 is 0 Å². The molecule has 2 aromatic rings. The summed E-state index contributed by atoms with van der Waals surface area (Å²) >= 11 is 6.59. The number of anilines is 1. The van der Waals surface area contributed by atoms with Crippen LogP contribution in [0.5, 0.6) is 0 Å². The van der Waals surface area contributed by atoms with Gasteiger partial charge in [-0.1, -0.05) is 12.2 Å². The molecule has 0 aromatic carbocycles. The Hall–Kier alpha value is -1.27. The number of aromatic nitrogens is 2. The van der Waals surface area contributed by atoms with E-state index in [1.807, 2.05) is 18.5 Å². The number of rotatable bonds is 4. The van der Waals surface area contributed by atoms with Gasteiger partial charge in [-0.25, -0.2) is 9.97 Å². The molecule has 0 bridgehead atoms. The molecule has 1 unspecified atom stereocenters. The second kappa shape index (κ2) is 4.93. The Morgan fingerprint density at radius 2 is 2.35 bits per heavy atom. The van der Waals surface area contributed by atoms with E-state index in [-0.39, 0.29) is 6.04 Å². The van der Waals surface area contributed by atoms with Crippen LogP contribution in [0, 0.1) is 0 Å². The molecule has 0 aliphatic carbocycles. The Balaban J connectivity index is 2.32. The summed E-state index contributed by atoms with van der Waals surface area (Å²) in [4.78, 5) is 11.2. The molecule has 0 radical (unpaired) electrons. The predicted molar refractivity (Wildman–Crippen MR) is 76.7 cm³/mol.